The Morgan fingerprint density at radius 3 is 2.61 bits per heavy atom. The Kier molecular flexibility index (Phi) is 5.19. The molecule has 0 fully saturated rings. The minimum atomic E-state index is 0.953. The van der Waals surface area contributed by atoms with Crippen molar-refractivity contribution in [3.05, 3.63) is 82.1 Å². The largest absolute Gasteiger partial charge is 0.341 e. The van der Waals surface area contributed by atoms with E-state index in [-0.39, 0.29) is 0 Å². The van der Waals surface area contributed by atoms with Crippen molar-refractivity contribution >= 4 is 29.2 Å². The van der Waals surface area contributed by atoms with Crippen LogP contribution in [0.1, 0.15) is 35.5 Å². The monoisotopic (exact) mass is 387 g/mol. The number of hydrogen-bond acceptors (Lipinski definition) is 2. The number of fused-ring (bicyclic) bond motifs is 1. The number of nitrogens with zero attached hydrogens (tertiary/aromatic N) is 2. The Bertz CT molecular complexity index is 1070. The highest BCUT2D eigenvalue weighted by Gasteiger charge is 2.21. The first-order chi connectivity index (χ1) is 13.6. The molecule has 0 amide bonds. The fraction of sp³-hybridized carbons (Fsp3) is 0.240. The lowest BCUT2D eigenvalue weighted by atomic mass is 10.0. The highest BCUT2D eigenvalue weighted by Crippen LogP contribution is 2.34. The summed E-state index contributed by atoms with van der Waals surface area (Å²) in [6, 6.07) is 15.3. The standard InChI is InChI=1S/C25H27N2S/c1-5-26-17-24(22-10-8-7-9-19(22)4)28-25(26)16-21-13-12-20-15-18(3)11-14-23(20)27(21)6-2/h7-17H,5-6H2,1-4H3/q+1. The number of hydrogen-bond donors (Lipinski definition) is 0. The highest BCUT2D eigenvalue weighted by molar-refractivity contribution is 7.15. The number of rotatable bonds is 4. The number of allylic oxidation sites excluding steroid dienone is 1. The number of aromatic nitrogens is 1. The SMILES string of the molecule is CCN1C(=Cc2sc(-c3ccccc3C)c[n+]2CC)C=Cc2cc(C)ccc21. The zero-order valence-corrected chi connectivity index (χ0v) is 17.9. The van der Waals surface area contributed by atoms with E-state index < -0.39 is 0 Å². The van der Waals surface area contributed by atoms with Gasteiger partial charge in [-0.25, -0.2) is 0 Å². The average Bonchev–Trinajstić information content (AvgIpc) is 3.10. The predicted molar refractivity (Wildman–Crippen MR) is 122 cm³/mol. The van der Waals surface area contributed by atoms with Gasteiger partial charge in [-0.3, -0.25) is 0 Å². The second-order valence-electron chi connectivity index (χ2n) is 7.24. The molecule has 1 aliphatic heterocycles. The Morgan fingerprint density at radius 2 is 1.86 bits per heavy atom. The van der Waals surface area contributed by atoms with E-state index in [4.69, 9.17) is 0 Å². The summed E-state index contributed by atoms with van der Waals surface area (Å²) in [6.45, 7) is 10.7. The first-order valence-electron chi connectivity index (χ1n) is 9.98. The summed E-state index contributed by atoms with van der Waals surface area (Å²) in [5.74, 6) is 0. The Balaban J connectivity index is 1.77. The molecule has 0 spiro atoms. The van der Waals surface area contributed by atoms with Gasteiger partial charge in [0.1, 0.15) is 11.4 Å². The fourth-order valence-corrected chi connectivity index (χ4v) is 5.02. The van der Waals surface area contributed by atoms with Gasteiger partial charge in [-0.15, -0.1) is 0 Å². The van der Waals surface area contributed by atoms with Crippen LogP contribution in [0.15, 0.2) is 60.4 Å². The lowest BCUT2D eigenvalue weighted by Crippen LogP contribution is -2.33. The molecule has 1 aliphatic rings. The van der Waals surface area contributed by atoms with Gasteiger partial charge >= 0.3 is 0 Å². The van der Waals surface area contributed by atoms with Crippen LogP contribution in [0.3, 0.4) is 0 Å². The van der Waals surface area contributed by atoms with E-state index in [1.54, 1.807) is 0 Å². The molecule has 3 aromatic rings. The minimum Gasteiger partial charge on any atom is -0.341 e. The summed E-state index contributed by atoms with van der Waals surface area (Å²) in [6.07, 6.45) is 9.11. The van der Waals surface area contributed by atoms with Crippen LogP contribution in [-0.4, -0.2) is 6.54 Å². The van der Waals surface area contributed by atoms with E-state index in [2.05, 4.69) is 104 Å². The molecular weight excluding hydrogens is 360 g/mol. The topological polar surface area (TPSA) is 7.12 Å². The van der Waals surface area contributed by atoms with E-state index >= 15 is 0 Å². The molecule has 0 saturated carbocycles. The molecule has 0 bridgehead atoms. The Morgan fingerprint density at radius 1 is 1.04 bits per heavy atom. The van der Waals surface area contributed by atoms with Gasteiger partial charge < -0.3 is 4.90 Å². The number of anilines is 1. The van der Waals surface area contributed by atoms with Gasteiger partial charge in [-0.05, 0) is 57.0 Å². The van der Waals surface area contributed by atoms with E-state index in [0.29, 0.717) is 0 Å². The molecule has 142 valence electrons. The van der Waals surface area contributed by atoms with Crippen LogP contribution in [0.2, 0.25) is 0 Å². The molecular formula is C25H27N2S+. The van der Waals surface area contributed by atoms with Crippen molar-refractivity contribution in [2.45, 2.75) is 34.2 Å². The van der Waals surface area contributed by atoms with Crippen LogP contribution in [0.5, 0.6) is 0 Å². The zero-order chi connectivity index (χ0) is 19.7. The normalized spacial score (nSPS) is 14.6. The van der Waals surface area contributed by atoms with Gasteiger partial charge in [0, 0.05) is 29.6 Å². The molecule has 28 heavy (non-hydrogen) atoms. The number of likely N-dealkylation sites (N-methyl/N-ethyl adjacent to an activating group) is 1. The van der Waals surface area contributed by atoms with Crippen molar-refractivity contribution < 1.29 is 4.57 Å². The third kappa shape index (κ3) is 3.43. The quantitative estimate of drug-likeness (QED) is 0.481. The molecule has 0 radical (unpaired) electrons. The lowest BCUT2D eigenvalue weighted by Gasteiger charge is -2.29. The van der Waals surface area contributed by atoms with E-state index in [1.807, 2.05) is 11.3 Å². The van der Waals surface area contributed by atoms with Gasteiger partial charge in [-0.1, -0.05) is 53.3 Å². The molecule has 4 rings (SSSR count). The van der Waals surface area contributed by atoms with Crippen molar-refractivity contribution in [3.63, 3.8) is 0 Å². The second-order valence-corrected chi connectivity index (χ2v) is 8.31. The van der Waals surface area contributed by atoms with Gasteiger partial charge in [0.05, 0.1) is 0 Å². The van der Waals surface area contributed by atoms with Crippen LogP contribution < -0.4 is 9.47 Å². The summed E-state index contributed by atoms with van der Waals surface area (Å²) in [5.41, 5.74) is 7.79. The smallest absolute Gasteiger partial charge is 0.264 e. The number of thiazole rings is 1. The van der Waals surface area contributed by atoms with Gasteiger partial charge in [0.25, 0.3) is 5.01 Å². The molecule has 0 atom stereocenters. The number of benzene rings is 2. The summed E-state index contributed by atoms with van der Waals surface area (Å²) in [7, 11) is 0. The van der Waals surface area contributed by atoms with Crippen molar-refractivity contribution in [2.75, 3.05) is 11.4 Å². The predicted octanol–water partition coefficient (Wildman–Crippen LogP) is 6.23. The van der Waals surface area contributed by atoms with E-state index in [1.165, 1.54) is 43.5 Å². The van der Waals surface area contributed by atoms with Crippen LogP contribution >= 0.6 is 11.3 Å². The first-order valence-corrected chi connectivity index (χ1v) is 10.8. The van der Waals surface area contributed by atoms with Crippen molar-refractivity contribution in [1.29, 1.82) is 0 Å². The average molecular weight is 388 g/mol. The zero-order valence-electron chi connectivity index (χ0n) is 17.1. The maximum absolute atomic E-state index is 2.40. The number of aryl methyl sites for hydroxylation is 3. The molecule has 2 aromatic carbocycles. The van der Waals surface area contributed by atoms with Gasteiger partial charge in [-0.2, -0.15) is 4.57 Å². The van der Waals surface area contributed by atoms with E-state index in [9.17, 15) is 0 Å². The van der Waals surface area contributed by atoms with Crippen LogP contribution in [0.4, 0.5) is 5.69 Å². The molecule has 2 heterocycles. The molecule has 3 heteroatoms. The van der Waals surface area contributed by atoms with Crippen molar-refractivity contribution in [1.82, 2.24) is 0 Å². The third-order valence-electron chi connectivity index (χ3n) is 5.33. The van der Waals surface area contributed by atoms with Crippen molar-refractivity contribution in [3.8, 4) is 10.4 Å². The van der Waals surface area contributed by atoms with Gasteiger partial charge in [0.15, 0.2) is 6.20 Å². The summed E-state index contributed by atoms with van der Waals surface area (Å²) >= 11 is 1.87. The maximum Gasteiger partial charge on any atom is 0.264 e. The fourth-order valence-electron chi connectivity index (χ4n) is 3.80. The minimum absolute atomic E-state index is 0.953. The lowest BCUT2D eigenvalue weighted by molar-refractivity contribution is -0.690. The highest BCUT2D eigenvalue weighted by atomic mass is 32.1. The molecule has 0 N–H and O–H groups in total. The molecule has 0 unspecified atom stereocenters. The van der Waals surface area contributed by atoms with Gasteiger partial charge in [0.2, 0.25) is 0 Å². The second kappa shape index (κ2) is 7.76. The first kappa shape index (κ1) is 18.7. The van der Waals surface area contributed by atoms with Crippen molar-refractivity contribution in [2.24, 2.45) is 0 Å². The molecule has 0 saturated heterocycles. The Labute approximate surface area is 172 Å². The summed E-state index contributed by atoms with van der Waals surface area (Å²) in [5, 5.41) is 1.29. The molecule has 1 aromatic heterocycles. The Hall–Kier alpha value is -2.65. The van der Waals surface area contributed by atoms with E-state index in [0.717, 1.165) is 13.1 Å². The van der Waals surface area contributed by atoms with Crippen LogP contribution in [0.25, 0.3) is 22.6 Å². The molecule has 0 aliphatic carbocycles. The molecule has 2 nitrogen and oxygen atoms in total. The third-order valence-corrected chi connectivity index (χ3v) is 6.44. The summed E-state index contributed by atoms with van der Waals surface area (Å²) in [4.78, 5) is 3.73. The summed E-state index contributed by atoms with van der Waals surface area (Å²) < 4.78 is 2.35. The van der Waals surface area contributed by atoms with Crippen LogP contribution in [0, 0.1) is 13.8 Å². The van der Waals surface area contributed by atoms with Crippen LogP contribution in [-0.2, 0) is 6.54 Å². The maximum atomic E-state index is 2.40.